The van der Waals surface area contributed by atoms with Crippen LogP contribution in [0.25, 0.3) is 0 Å². The Morgan fingerprint density at radius 2 is 1.95 bits per heavy atom. The molecule has 4 N–H and O–H groups in total. The molecule has 0 heterocycles. The quantitative estimate of drug-likeness (QED) is 0.611. The van der Waals surface area contributed by atoms with Gasteiger partial charge in [0.15, 0.2) is 11.5 Å². The smallest absolute Gasteiger partial charge is 0.303 e. The van der Waals surface area contributed by atoms with E-state index in [1.165, 1.54) is 18.2 Å². The second kappa shape index (κ2) is 5.40. The van der Waals surface area contributed by atoms with Crippen molar-refractivity contribution in [3.05, 3.63) is 23.8 Å². The summed E-state index contributed by atoms with van der Waals surface area (Å²) in [6.07, 6.45) is 2.52. The fourth-order valence-corrected chi connectivity index (χ4v) is 2.49. The van der Waals surface area contributed by atoms with Gasteiger partial charge in [-0.05, 0) is 30.4 Å². The van der Waals surface area contributed by atoms with Gasteiger partial charge in [-0.1, -0.05) is 12.5 Å². The highest BCUT2D eigenvalue weighted by atomic mass is 16.4. The molecule has 6 nitrogen and oxygen atoms in total. The number of para-hydroxylation sites is 1. The number of benzene rings is 1. The highest BCUT2D eigenvalue weighted by Crippen LogP contribution is 2.43. The summed E-state index contributed by atoms with van der Waals surface area (Å²) in [5.74, 6) is -2.22. The van der Waals surface area contributed by atoms with Gasteiger partial charge in [-0.15, -0.1) is 0 Å². The van der Waals surface area contributed by atoms with Crippen LogP contribution in [0.1, 0.15) is 36.0 Å². The zero-order valence-corrected chi connectivity index (χ0v) is 10.9. The van der Waals surface area contributed by atoms with Gasteiger partial charge in [-0.25, -0.2) is 0 Å². The number of nitrogens with one attached hydrogen (secondary N) is 1. The van der Waals surface area contributed by atoms with E-state index in [9.17, 15) is 19.8 Å². The van der Waals surface area contributed by atoms with Crippen LogP contribution in [-0.4, -0.2) is 33.7 Å². The molecule has 0 radical (unpaired) electrons. The average molecular weight is 279 g/mol. The molecule has 6 heteroatoms. The third-order valence-corrected chi connectivity index (χ3v) is 3.82. The van der Waals surface area contributed by atoms with E-state index in [-0.39, 0.29) is 29.7 Å². The van der Waals surface area contributed by atoms with E-state index >= 15 is 0 Å². The van der Waals surface area contributed by atoms with Crippen LogP contribution < -0.4 is 5.32 Å². The van der Waals surface area contributed by atoms with Gasteiger partial charge >= 0.3 is 5.97 Å². The number of carboxylic acids is 1. The van der Waals surface area contributed by atoms with Gasteiger partial charge in [0.1, 0.15) is 0 Å². The van der Waals surface area contributed by atoms with Crippen molar-refractivity contribution in [2.24, 2.45) is 5.41 Å². The zero-order chi connectivity index (χ0) is 14.8. The molecule has 0 aromatic heterocycles. The van der Waals surface area contributed by atoms with Crippen LogP contribution >= 0.6 is 0 Å². The molecule has 2 rings (SSSR count). The van der Waals surface area contributed by atoms with Crippen LogP contribution in [0.5, 0.6) is 11.5 Å². The Morgan fingerprint density at radius 1 is 1.25 bits per heavy atom. The second-order valence-corrected chi connectivity index (χ2v) is 5.28. The standard InChI is InChI=1S/C14H17NO5/c16-10-4-1-3-9(12(10)19)13(20)15-8-14(5-2-6-14)7-11(17)18/h1,3-4,16,19H,2,5-8H2,(H,15,20)(H,17,18). The van der Waals surface area contributed by atoms with Crippen LogP contribution in [0.15, 0.2) is 18.2 Å². The fraction of sp³-hybridized carbons (Fsp3) is 0.429. The van der Waals surface area contributed by atoms with Crippen molar-refractivity contribution in [1.29, 1.82) is 0 Å². The van der Waals surface area contributed by atoms with Crippen LogP contribution in [0.4, 0.5) is 0 Å². The third kappa shape index (κ3) is 2.84. The van der Waals surface area contributed by atoms with E-state index in [2.05, 4.69) is 5.32 Å². The number of hydrogen-bond donors (Lipinski definition) is 4. The summed E-state index contributed by atoms with van der Waals surface area (Å²) in [7, 11) is 0. The molecule has 0 atom stereocenters. The lowest BCUT2D eigenvalue weighted by Gasteiger charge is -2.40. The van der Waals surface area contributed by atoms with Crippen LogP contribution in [0.3, 0.4) is 0 Å². The number of carboxylic acid groups (broad SMARTS) is 1. The molecular weight excluding hydrogens is 262 g/mol. The summed E-state index contributed by atoms with van der Waals surface area (Å²) in [5, 5.41) is 30.5. The van der Waals surface area contributed by atoms with Gasteiger partial charge in [0.05, 0.1) is 12.0 Å². The van der Waals surface area contributed by atoms with Gasteiger partial charge in [0.25, 0.3) is 5.91 Å². The Bertz CT molecular complexity index is 536. The van der Waals surface area contributed by atoms with Crippen molar-refractivity contribution in [3.8, 4) is 11.5 Å². The second-order valence-electron chi connectivity index (χ2n) is 5.28. The first-order valence-corrected chi connectivity index (χ1v) is 6.44. The first-order chi connectivity index (χ1) is 9.43. The predicted octanol–water partition coefficient (Wildman–Crippen LogP) is 1.47. The lowest BCUT2D eigenvalue weighted by molar-refractivity contribution is -0.141. The maximum absolute atomic E-state index is 12.0. The lowest BCUT2D eigenvalue weighted by Crippen LogP contribution is -2.43. The predicted molar refractivity (Wildman–Crippen MR) is 70.6 cm³/mol. The first-order valence-electron chi connectivity index (χ1n) is 6.44. The zero-order valence-electron chi connectivity index (χ0n) is 10.9. The van der Waals surface area contributed by atoms with Crippen molar-refractivity contribution in [2.75, 3.05) is 6.54 Å². The summed E-state index contributed by atoms with van der Waals surface area (Å²) >= 11 is 0. The average Bonchev–Trinajstić information content (AvgIpc) is 2.35. The van der Waals surface area contributed by atoms with Gasteiger partial charge < -0.3 is 20.6 Å². The lowest BCUT2D eigenvalue weighted by atomic mass is 9.66. The van der Waals surface area contributed by atoms with Crippen molar-refractivity contribution in [3.63, 3.8) is 0 Å². The third-order valence-electron chi connectivity index (χ3n) is 3.82. The topological polar surface area (TPSA) is 107 Å². The van der Waals surface area contributed by atoms with Crippen molar-refractivity contribution in [2.45, 2.75) is 25.7 Å². The van der Waals surface area contributed by atoms with Crippen molar-refractivity contribution >= 4 is 11.9 Å². The summed E-state index contributed by atoms with van der Waals surface area (Å²) in [5.41, 5.74) is -0.400. The molecule has 0 bridgehead atoms. The van der Waals surface area contributed by atoms with Gasteiger partial charge in [0.2, 0.25) is 0 Å². The van der Waals surface area contributed by atoms with Crippen LogP contribution in [0.2, 0.25) is 0 Å². The summed E-state index contributed by atoms with van der Waals surface area (Å²) < 4.78 is 0. The molecule has 1 amide bonds. The molecular formula is C14H17NO5. The number of phenols is 2. The Balaban J connectivity index is 2.01. The molecule has 1 saturated carbocycles. The number of aliphatic carboxylic acids is 1. The van der Waals surface area contributed by atoms with Crippen molar-refractivity contribution < 1.29 is 24.9 Å². The molecule has 0 unspecified atom stereocenters. The number of rotatable bonds is 5. The maximum Gasteiger partial charge on any atom is 0.303 e. The Labute approximate surface area is 116 Å². The first kappa shape index (κ1) is 14.2. The maximum atomic E-state index is 12.0. The number of amides is 1. The Kier molecular flexibility index (Phi) is 3.83. The van der Waals surface area contributed by atoms with Crippen LogP contribution in [0, 0.1) is 5.41 Å². The van der Waals surface area contributed by atoms with Gasteiger partial charge in [-0.2, -0.15) is 0 Å². The molecule has 1 fully saturated rings. The number of carbonyl (C=O) groups excluding carboxylic acids is 1. The van der Waals surface area contributed by atoms with E-state index in [4.69, 9.17) is 5.11 Å². The van der Waals surface area contributed by atoms with E-state index < -0.39 is 17.6 Å². The molecule has 1 aromatic rings. The molecule has 1 aromatic carbocycles. The van der Waals surface area contributed by atoms with E-state index in [0.717, 1.165) is 19.3 Å². The number of phenolic OH excluding ortho intramolecular Hbond substituents is 2. The molecule has 1 aliphatic carbocycles. The number of carbonyl (C=O) groups is 2. The molecule has 0 spiro atoms. The largest absolute Gasteiger partial charge is 0.504 e. The molecule has 20 heavy (non-hydrogen) atoms. The summed E-state index contributed by atoms with van der Waals surface area (Å²) in [6, 6.07) is 4.14. The number of aromatic hydroxyl groups is 2. The summed E-state index contributed by atoms with van der Waals surface area (Å²) in [6.45, 7) is 0.257. The van der Waals surface area contributed by atoms with E-state index in [1.54, 1.807) is 0 Å². The molecule has 0 aliphatic heterocycles. The monoisotopic (exact) mass is 279 g/mol. The molecule has 108 valence electrons. The molecule has 1 aliphatic rings. The van der Waals surface area contributed by atoms with Crippen molar-refractivity contribution in [1.82, 2.24) is 5.32 Å². The SMILES string of the molecule is O=C(O)CC1(CNC(=O)c2cccc(O)c2O)CCC1. The highest BCUT2D eigenvalue weighted by molar-refractivity contribution is 5.97. The summed E-state index contributed by atoms with van der Waals surface area (Å²) in [4.78, 5) is 22.8. The Morgan fingerprint density at radius 3 is 2.50 bits per heavy atom. The normalized spacial score (nSPS) is 16.2. The van der Waals surface area contributed by atoms with Gasteiger partial charge in [-0.3, -0.25) is 9.59 Å². The van der Waals surface area contributed by atoms with Crippen LogP contribution in [-0.2, 0) is 4.79 Å². The van der Waals surface area contributed by atoms with Gasteiger partial charge in [0, 0.05) is 6.54 Å². The minimum Gasteiger partial charge on any atom is -0.504 e. The molecule has 0 saturated heterocycles. The number of hydrogen-bond acceptors (Lipinski definition) is 4. The van der Waals surface area contributed by atoms with E-state index in [0.29, 0.717) is 0 Å². The minimum absolute atomic E-state index is 0.0187. The Hall–Kier alpha value is -2.24. The fourth-order valence-electron chi connectivity index (χ4n) is 2.49. The minimum atomic E-state index is -0.876. The van der Waals surface area contributed by atoms with E-state index in [1.807, 2.05) is 0 Å². The highest BCUT2D eigenvalue weighted by Gasteiger charge is 2.39.